The van der Waals surface area contributed by atoms with Crippen molar-refractivity contribution in [3.05, 3.63) is 57.4 Å². The van der Waals surface area contributed by atoms with Gasteiger partial charge in [0.15, 0.2) is 0 Å². The molecule has 0 radical (unpaired) electrons. The highest BCUT2D eigenvalue weighted by molar-refractivity contribution is 6.32. The van der Waals surface area contributed by atoms with E-state index in [2.05, 4.69) is 35.5 Å². The Labute approximate surface area is 165 Å². The number of aliphatic hydroxyl groups excluding tert-OH is 1. The van der Waals surface area contributed by atoms with Gasteiger partial charge in [-0.1, -0.05) is 11.6 Å². The van der Waals surface area contributed by atoms with E-state index in [1.54, 1.807) is 6.92 Å². The van der Waals surface area contributed by atoms with Gasteiger partial charge in [-0.05, 0) is 87.6 Å². The first-order chi connectivity index (χ1) is 12.8. The molecule has 1 unspecified atom stereocenters. The van der Waals surface area contributed by atoms with E-state index in [1.807, 2.05) is 26.0 Å². The van der Waals surface area contributed by atoms with Crippen LogP contribution in [0.4, 0.5) is 0 Å². The van der Waals surface area contributed by atoms with Crippen LogP contribution in [0.25, 0.3) is 11.0 Å². The summed E-state index contributed by atoms with van der Waals surface area (Å²) >= 11 is 6.22. The van der Waals surface area contributed by atoms with Crippen LogP contribution in [0.1, 0.15) is 47.5 Å². The second kappa shape index (κ2) is 7.91. The molecule has 27 heavy (non-hydrogen) atoms. The van der Waals surface area contributed by atoms with E-state index in [9.17, 15) is 5.11 Å². The highest BCUT2D eigenvalue weighted by atomic mass is 35.5. The fourth-order valence-electron chi connectivity index (χ4n) is 3.35. The summed E-state index contributed by atoms with van der Waals surface area (Å²) in [4.78, 5) is 4.64. The summed E-state index contributed by atoms with van der Waals surface area (Å²) in [6, 6.07) is 8.17. The van der Waals surface area contributed by atoms with Gasteiger partial charge < -0.3 is 14.4 Å². The smallest absolute Gasteiger partial charge is 0.138 e. The first kappa shape index (κ1) is 19.7. The normalized spacial score (nSPS) is 12.6. The molecule has 0 spiro atoms. The Morgan fingerprint density at radius 2 is 1.67 bits per heavy atom. The first-order valence-electron chi connectivity index (χ1n) is 9.33. The van der Waals surface area contributed by atoms with Crippen molar-refractivity contribution >= 4 is 22.6 Å². The summed E-state index contributed by atoms with van der Waals surface area (Å²) in [5.41, 5.74) is 6.47. The number of nitrogens with zero attached hydrogens (tertiary/aromatic N) is 2. The second-order valence-corrected chi connectivity index (χ2v) is 7.67. The molecule has 3 rings (SSSR count). The van der Waals surface area contributed by atoms with Crippen molar-refractivity contribution < 1.29 is 9.84 Å². The summed E-state index contributed by atoms with van der Waals surface area (Å²) in [5.74, 6) is 1.54. The van der Waals surface area contributed by atoms with Crippen LogP contribution < -0.4 is 4.74 Å². The van der Waals surface area contributed by atoms with Gasteiger partial charge in [-0.3, -0.25) is 0 Å². The number of aryl methyl sites for hydroxylation is 5. The van der Waals surface area contributed by atoms with Gasteiger partial charge >= 0.3 is 0 Å². The monoisotopic (exact) mass is 386 g/mol. The van der Waals surface area contributed by atoms with E-state index in [1.165, 1.54) is 11.1 Å². The molecule has 144 valence electrons. The number of fused-ring (bicyclic) bond motifs is 1. The number of halogens is 1. The maximum Gasteiger partial charge on any atom is 0.138 e. The minimum atomic E-state index is -0.611. The van der Waals surface area contributed by atoms with Crippen LogP contribution in [0.5, 0.6) is 5.75 Å². The van der Waals surface area contributed by atoms with Gasteiger partial charge in [0, 0.05) is 11.6 Å². The van der Waals surface area contributed by atoms with Gasteiger partial charge in [-0.15, -0.1) is 0 Å². The maximum absolute atomic E-state index is 10.1. The molecule has 0 saturated carbocycles. The Morgan fingerprint density at radius 1 is 1.04 bits per heavy atom. The highest BCUT2D eigenvalue weighted by Gasteiger charge is 2.15. The van der Waals surface area contributed by atoms with Crippen molar-refractivity contribution in [2.75, 3.05) is 6.61 Å². The molecule has 2 aromatic carbocycles. The van der Waals surface area contributed by atoms with Gasteiger partial charge in [-0.2, -0.15) is 0 Å². The summed E-state index contributed by atoms with van der Waals surface area (Å²) < 4.78 is 8.03. The average Bonchev–Trinajstić information content (AvgIpc) is 2.94. The van der Waals surface area contributed by atoms with Crippen molar-refractivity contribution in [1.29, 1.82) is 0 Å². The van der Waals surface area contributed by atoms with E-state index in [0.29, 0.717) is 12.4 Å². The molecule has 0 aliphatic heterocycles. The lowest BCUT2D eigenvalue weighted by atomic mass is 10.1. The topological polar surface area (TPSA) is 47.3 Å². The van der Waals surface area contributed by atoms with Crippen molar-refractivity contribution in [2.24, 2.45) is 0 Å². The number of hydrogen-bond acceptors (Lipinski definition) is 3. The molecule has 0 saturated heterocycles. The molecule has 0 fully saturated rings. The van der Waals surface area contributed by atoms with E-state index < -0.39 is 6.10 Å². The van der Waals surface area contributed by atoms with Crippen LogP contribution in [0.2, 0.25) is 5.02 Å². The van der Waals surface area contributed by atoms with Crippen LogP contribution >= 0.6 is 11.6 Å². The Kier molecular flexibility index (Phi) is 5.78. The summed E-state index contributed by atoms with van der Waals surface area (Å²) in [6.45, 7) is 11.2. The van der Waals surface area contributed by atoms with Crippen molar-refractivity contribution in [3.63, 3.8) is 0 Å². The van der Waals surface area contributed by atoms with Gasteiger partial charge in [0.25, 0.3) is 0 Å². The molecule has 1 N–H and O–H groups in total. The fourth-order valence-corrected chi connectivity index (χ4v) is 3.46. The van der Waals surface area contributed by atoms with Crippen LogP contribution in [0.15, 0.2) is 24.3 Å². The molecule has 0 bridgehead atoms. The number of aliphatic hydroxyl groups is 1. The van der Waals surface area contributed by atoms with Gasteiger partial charge in [-0.25, -0.2) is 4.98 Å². The average molecular weight is 387 g/mol. The third-order valence-corrected chi connectivity index (χ3v) is 5.57. The lowest BCUT2D eigenvalue weighted by Gasteiger charge is -2.13. The predicted molar refractivity (Wildman–Crippen MR) is 111 cm³/mol. The molecule has 0 aliphatic rings. The number of benzene rings is 2. The SMILES string of the molecule is Cc1cc2nc(C(C)O)n(CCCOc3cc(C)c(Cl)c(C)c3)c2cc1C. The molecule has 1 aromatic heterocycles. The minimum Gasteiger partial charge on any atom is -0.494 e. The number of imidazole rings is 1. The van der Waals surface area contributed by atoms with E-state index in [-0.39, 0.29) is 0 Å². The molecular weight excluding hydrogens is 360 g/mol. The zero-order valence-corrected chi connectivity index (χ0v) is 17.4. The van der Waals surface area contributed by atoms with E-state index >= 15 is 0 Å². The largest absolute Gasteiger partial charge is 0.494 e. The zero-order chi connectivity index (χ0) is 19.7. The van der Waals surface area contributed by atoms with Gasteiger partial charge in [0.1, 0.15) is 17.7 Å². The Bertz CT molecular complexity index is 953. The van der Waals surface area contributed by atoms with Crippen molar-refractivity contribution in [2.45, 2.75) is 53.7 Å². The summed E-state index contributed by atoms with van der Waals surface area (Å²) in [7, 11) is 0. The predicted octanol–water partition coefficient (Wildman–Crippen LogP) is 5.45. The molecule has 1 atom stereocenters. The van der Waals surface area contributed by atoms with E-state index in [4.69, 9.17) is 16.3 Å². The molecular formula is C22H27ClN2O2. The highest BCUT2D eigenvalue weighted by Crippen LogP contribution is 2.27. The number of aromatic nitrogens is 2. The van der Waals surface area contributed by atoms with Crippen LogP contribution in [0, 0.1) is 27.7 Å². The Hall–Kier alpha value is -2.04. The Morgan fingerprint density at radius 3 is 2.30 bits per heavy atom. The van der Waals surface area contributed by atoms with Crippen LogP contribution in [-0.4, -0.2) is 21.3 Å². The lowest BCUT2D eigenvalue weighted by Crippen LogP contribution is -2.10. The number of ether oxygens (including phenoxy) is 1. The molecule has 0 aliphatic carbocycles. The molecule has 5 heteroatoms. The van der Waals surface area contributed by atoms with Gasteiger partial charge in [0.05, 0.1) is 17.6 Å². The number of rotatable bonds is 6. The Balaban J connectivity index is 1.75. The van der Waals surface area contributed by atoms with Crippen LogP contribution in [0.3, 0.4) is 0 Å². The standard InChI is InChI=1S/C22H27ClN2O2/c1-13-11-19-20(12-14(13)2)25(22(24-19)17(5)26)7-6-8-27-18-9-15(3)21(23)16(4)10-18/h9-12,17,26H,6-8H2,1-5H3. The molecule has 3 aromatic rings. The second-order valence-electron chi connectivity index (χ2n) is 7.30. The van der Waals surface area contributed by atoms with Crippen LogP contribution in [-0.2, 0) is 6.54 Å². The quantitative estimate of drug-likeness (QED) is 0.573. The fraction of sp³-hybridized carbons (Fsp3) is 0.409. The number of hydrogen-bond donors (Lipinski definition) is 1. The van der Waals surface area contributed by atoms with Crippen molar-refractivity contribution in [1.82, 2.24) is 9.55 Å². The first-order valence-corrected chi connectivity index (χ1v) is 9.70. The van der Waals surface area contributed by atoms with Gasteiger partial charge in [0.2, 0.25) is 0 Å². The third kappa shape index (κ3) is 4.12. The minimum absolute atomic E-state index is 0.588. The molecule has 1 heterocycles. The summed E-state index contributed by atoms with van der Waals surface area (Å²) in [6.07, 6.45) is 0.208. The third-order valence-electron chi connectivity index (χ3n) is 4.97. The van der Waals surface area contributed by atoms with E-state index in [0.717, 1.165) is 45.9 Å². The zero-order valence-electron chi connectivity index (χ0n) is 16.6. The molecule has 4 nitrogen and oxygen atoms in total. The van der Waals surface area contributed by atoms with Crippen molar-refractivity contribution in [3.8, 4) is 5.75 Å². The lowest BCUT2D eigenvalue weighted by molar-refractivity contribution is 0.183. The maximum atomic E-state index is 10.1. The summed E-state index contributed by atoms with van der Waals surface area (Å²) in [5, 5.41) is 10.9. The molecule has 0 amide bonds.